The van der Waals surface area contributed by atoms with Crippen molar-refractivity contribution in [3.05, 3.63) is 65.5 Å². The van der Waals surface area contributed by atoms with Gasteiger partial charge in [-0.15, -0.1) is 0 Å². The second-order valence-electron chi connectivity index (χ2n) is 6.67. The number of aliphatic hydroxyl groups is 1. The summed E-state index contributed by atoms with van der Waals surface area (Å²) in [5.74, 6) is 0.0427. The van der Waals surface area contributed by atoms with E-state index in [1.807, 2.05) is 18.2 Å². The average molecular weight is 329 g/mol. The molecule has 3 rings (SSSR count). The minimum atomic E-state index is -0.219. The van der Waals surface area contributed by atoms with Crippen molar-refractivity contribution in [3.63, 3.8) is 0 Å². The lowest BCUT2D eigenvalue weighted by Crippen LogP contribution is -2.38. The lowest BCUT2D eigenvalue weighted by molar-refractivity contribution is 0.0665. The topological polar surface area (TPSA) is 43.7 Å². The maximum atomic E-state index is 13.5. The van der Waals surface area contributed by atoms with Crippen molar-refractivity contribution in [1.82, 2.24) is 4.90 Å². The van der Waals surface area contributed by atoms with Gasteiger partial charge in [0.05, 0.1) is 6.10 Å². The fourth-order valence-corrected chi connectivity index (χ4v) is 3.50. The number of nitrogens with zero attached hydrogens (tertiary/aromatic N) is 1. The Labute approximate surface area is 142 Å². The van der Waals surface area contributed by atoms with E-state index in [0.717, 1.165) is 36.8 Å². The standard InChI is InChI=1S/C20H24FNO2/c21-17-5-1-3-15(11-17)13-22(18-7-9-19(23)10-8-18)14-16-4-2-6-20(24)12-16/h1-6,11-12,18-19,23-24H,7-10,13-14H2. The Hall–Kier alpha value is -1.91. The van der Waals surface area contributed by atoms with E-state index in [1.54, 1.807) is 24.3 Å². The molecule has 0 aliphatic heterocycles. The quantitative estimate of drug-likeness (QED) is 0.876. The van der Waals surface area contributed by atoms with Gasteiger partial charge in [0.15, 0.2) is 0 Å². The molecule has 0 amide bonds. The Balaban J connectivity index is 1.77. The third-order valence-corrected chi connectivity index (χ3v) is 4.75. The molecule has 24 heavy (non-hydrogen) atoms. The summed E-state index contributed by atoms with van der Waals surface area (Å²) >= 11 is 0. The molecule has 2 aromatic carbocycles. The van der Waals surface area contributed by atoms with Crippen LogP contribution in [-0.4, -0.2) is 27.3 Å². The molecule has 128 valence electrons. The summed E-state index contributed by atoms with van der Waals surface area (Å²) in [6, 6.07) is 14.4. The van der Waals surface area contributed by atoms with Gasteiger partial charge in [0, 0.05) is 19.1 Å². The highest BCUT2D eigenvalue weighted by Gasteiger charge is 2.25. The predicted octanol–water partition coefficient (Wildman–Crippen LogP) is 3.84. The minimum Gasteiger partial charge on any atom is -0.508 e. The monoisotopic (exact) mass is 329 g/mol. The van der Waals surface area contributed by atoms with Gasteiger partial charge in [-0.2, -0.15) is 0 Å². The zero-order valence-electron chi connectivity index (χ0n) is 13.7. The first-order valence-corrected chi connectivity index (χ1v) is 8.54. The van der Waals surface area contributed by atoms with E-state index >= 15 is 0 Å². The van der Waals surface area contributed by atoms with Crippen LogP contribution in [0.1, 0.15) is 36.8 Å². The molecule has 0 bridgehead atoms. The van der Waals surface area contributed by atoms with Gasteiger partial charge in [0.2, 0.25) is 0 Å². The zero-order valence-corrected chi connectivity index (χ0v) is 13.7. The van der Waals surface area contributed by atoms with Gasteiger partial charge >= 0.3 is 0 Å². The third kappa shape index (κ3) is 4.56. The first-order chi connectivity index (χ1) is 11.6. The number of halogens is 1. The maximum Gasteiger partial charge on any atom is 0.123 e. The van der Waals surface area contributed by atoms with Gasteiger partial charge in [-0.05, 0) is 61.1 Å². The van der Waals surface area contributed by atoms with E-state index < -0.39 is 0 Å². The Morgan fingerprint density at radius 1 is 0.917 bits per heavy atom. The molecule has 1 aliphatic rings. The van der Waals surface area contributed by atoms with E-state index in [1.165, 1.54) is 6.07 Å². The normalized spacial score (nSPS) is 21.1. The van der Waals surface area contributed by atoms with Gasteiger partial charge in [0.1, 0.15) is 11.6 Å². The molecule has 0 atom stereocenters. The van der Waals surface area contributed by atoms with Crippen molar-refractivity contribution < 1.29 is 14.6 Å². The molecule has 0 aromatic heterocycles. The van der Waals surface area contributed by atoms with Crippen LogP contribution < -0.4 is 0 Å². The molecule has 1 fully saturated rings. The van der Waals surface area contributed by atoms with Crippen LogP contribution >= 0.6 is 0 Å². The molecule has 0 heterocycles. The SMILES string of the molecule is Oc1cccc(CN(Cc2cccc(F)c2)C2CCC(O)CC2)c1. The van der Waals surface area contributed by atoms with Crippen molar-refractivity contribution >= 4 is 0 Å². The van der Waals surface area contributed by atoms with E-state index in [2.05, 4.69) is 4.90 Å². The summed E-state index contributed by atoms with van der Waals surface area (Å²) in [5.41, 5.74) is 1.99. The fraction of sp³-hybridized carbons (Fsp3) is 0.400. The fourth-order valence-electron chi connectivity index (χ4n) is 3.50. The molecular formula is C20H24FNO2. The van der Waals surface area contributed by atoms with Crippen molar-refractivity contribution in [2.75, 3.05) is 0 Å². The summed E-state index contributed by atoms with van der Waals surface area (Å²) in [4.78, 5) is 2.33. The van der Waals surface area contributed by atoms with Crippen molar-refractivity contribution in [2.24, 2.45) is 0 Å². The second-order valence-corrected chi connectivity index (χ2v) is 6.67. The van der Waals surface area contributed by atoms with E-state index in [9.17, 15) is 14.6 Å². The molecule has 4 heteroatoms. The maximum absolute atomic E-state index is 13.5. The van der Waals surface area contributed by atoms with Crippen molar-refractivity contribution in [1.29, 1.82) is 0 Å². The molecule has 2 N–H and O–H groups in total. The Bertz CT molecular complexity index is 621. The molecule has 0 spiro atoms. The number of hydrogen-bond acceptors (Lipinski definition) is 3. The van der Waals surface area contributed by atoms with Crippen LogP contribution in [0, 0.1) is 5.82 Å². The van der Waals surface area contributed by atoms with Crippen LogP contribution in [0.15, 0.2) is 48.5 Å². The minimum absolute atomic E-state index is 0.196. The highest BCUT2D eigenvalue weighted by atomic mass is 19.1. The largest absolute Gasteiger partial charge is 0.508 e. The van der Waals surface area contributed by atoms with E-state index in [4.69, 9.17) is 0 Å². The summed E-state index contributed by atoms with van der Waals surface area (Å²) in [7, 11) is 0. The lowest BCUT2D eigenvalue weighted by Gasteiger charge is -2.36. The molecule has 1 aliphatic carbocycles. The van der Waals surface area contributed by atoms with Gasteiger partial charge in [-0.3, -0.25) is 4.90 Å². The highest BCUT2D eigenvalue weighted by Crippen LogP contribution is 2.26. The molecular weight excluding hydrogens is 305 g/mol. The van der Waals surface area contributed by atoms with Crippen LogP contribution in [0.2, 0.25) is 0 Å². The van der Waals surface area contributed by atoms with Crippen LogP contribution in [0.5, 0.6) is 5.75 Å². The smallest absolute Gasteiger partial charge is 0.123 e. The molecule has 2 aromatic rings. The summed E-state index contributed by atoms with van der Waals surface area (Å²) < 4.78 is 13.5. The van der Waals surface area contributed by atoms with E-state index in [0.29, 0.717) is 19.1 Å². The van der Waals surface area contributed by atoms with E-state index in [-0.39, 0.29) is 17.7 Å². The zero-order chi connectivity index (χ0) is 16.9. The first kappa shape index (κ1) is 16.9. The van der Waals surface area contributed by atoms with Crippen molar-refractivity contribution in [3.8, 4) is 5.75 Å². The van der Waals surface area contributed by atoms with Gasteiger partial charge in [0.25, 0.3) is 0 Å². The highest BCUT2D eigenvalue weighted by molar-refractivity contribution is 5.27. The summed E-state index contributed by atoms with van der Waals surface area (Å²) in [5, 5.41) is 19.5. The Morgan fingerprint density at radius 2 is 1.54 bits per heavy atom. The number of hydrogen-bond donors (Lipinski definition) is 2. The number of phenolic OH excluding ortho intramolecular Hbond substituents is 1. The Kier molecular flexibility index (Phi) is 5.48. The molecule has 0 saturated heterocycles. The summed E-state index contributed by atoms with van der Waals surface area (Å²) in [6.07, 6.45) is 3.30. The van der Waals surface area contributed by atoms with Crippen LogP contribution in [0.25, 0.3) is 0 Å². The third-order valence-electron chi connectivity index (χ3n) is 4.75. The molecule has 0 radical (unpaired) electrons. The molecule has 3 nitrogen and oxygen atoms in total. The van der Waals surface area contributed by atoms with Crippen LogP contribution in [-0.2, 0) is 13.1 Å². The number of aliphatic hydroxyl groups excluding tert-OH is 1. The summed E-state index contributed by atoms with van der Waals surface area (Å²) in [6.45, 7) is 1.36. The number of phenols is 1. The number of aromatic hydroxyl groups is 1. The molecule has 0 unspecified atom stereocenters. The lowest BCUT2D eigenvalue weighted by atomic mass is 9.91. The number of rotatable bonds is 5. The number of benzene rings is 2. The van der Waals surface area contributed by atoms with Gasteiger partial charge in [-0.25, -0.2) is 4.39 Å². The molecule has 1 saturated carbocycles. The first-order valence-electron chi connectivity index (χ1n) is 8.54. The van der Waals surface area contributed by atoms with Crippen molar-refractivity contribution in [2.45, 2.75) is 50.9 Å². The second kappa shape index (κ2) is 7.77. The van der Waals surface area contributed by atoms with Crippen LogP contribution in [0.4, 0.5) is 4.39 Å². The van der Waals surface area contributed by atoms with Gasteiger partial charge in [-0.1, -0.05) is 24.3 Å². The van der Waals surface area contributed by atoms with Gasteiger partial charge < -0.3 is 10.2 Å². The predicted molar refractivity (Wildman–Crippen MR) is 92.0 cm³/mol. The van der Waals surface area contributed by atoms with Crippen LogP contribution in [0.3, 0.4) is 0 Å². The average Bonchev–Trinajstić information content (AvgIpc) is 2.55. The Morgan fingerprint density at radius 3 is 2.17 bits per heavy atom.